The number of halogens is 1. The van der Waals surface area contributed by atoms with Crippen LogP contribution in [0, 0.1) is 0 Å². The van der Waals surface area contributed by atoms with Gasteiger partial charge in [0.25, 0.3) is 11.8 Å². The lowest BCUT2D eigenvalue weighted by molar-refractivity contribution is 0.0994. The van der Waals surface area contributed by atoms with E-state index < -0.39 is 0 Å². The lowest BCUT2D eigenvalue weighted by atomic mass is 10.0. The molecule has 0 unspecified atom stereocenters. The molecule has 0 fully saturated rings. The summed E-state index contributed by atoms with van der Waals surface area (Å²) in [5, 5.41) is 10.7. The average molecular weight is 449 g/mol. The molecule has 0 bridgehead atoms. The van der Waals surface area contributed by atoms with Crippen molar-refractivity contribution in [3.05, 3.63) is 95.2 Å². The summed E-state index contributed by atoms with van der Waals surface area (Å²) in [5.74, 6) is -0.321. The zero-order valence-corrected chi connectivity index (χ0v) is 18.3. The van der Waals surface area contributed by atoms with Gasteiger partial charge in [-0.15, -0.1) is 0 Å². The van der Waals surface area contributed by atoms with E-state index in [4.69, 9.17) is 16.0 Å². The largest absolute Gasteiger partial charge is 0.459 e. The third kappa shape index (κ3) is 4.58. The van der Waals surface area contributed by atoms with Crippen LogP contribution in [0.25, 0.3) is 5.69 Å². The molecule has 0 spiro atoms. The molecule has 2 aromatic heterocycles. The van der Waals surface area contributed by atoms with Gasteiger partial charge < -0.3 is 15.1 Å². The standard InChI is InChI=1S/C24H21ClN4O3/c1-15(2)22-20(14-26-29(22)19-11-5-16(25)6-12-19)23(30)27-17-7-9-18(10-8-17)28-24(31)21-4-3-13-32-21/h3-15H,1-2H3,(H,27,30)(H,28,31). The van der Waals surface area contributed by atoms with Crippen LogP contribution in [0.5, 0.6) is 0 Å². The molecule has 4 rings (SSSR count). The van der Waals surface area contributed by atoms with Gasteiger partial charge in [0, 0.05) is 16.4 Å². The maximum Gasteiger partial charge on any atom is 0.291 e. The summed E-state index contributed by atoms with van der Waals surface area (Å²) < 4.78 is 6.83. The van der Waals surface area contributed by atoms with Crippen LogP contribution >= 0.6 is 11.6 Å². The average Bonchev–Trinajstić information content (AvgIpc) is 3.46. The Morgan fingerprint density at radius 1 is 0.938 bits per heavy atom. The number of rotatable bonds is 6. The van der Waals surface area contributed by atoms with Crippen LogP contribution in [-0.2, 0) is 0 Å². The molecule has 0 aliphatic rings. The number of nitrogens with one attached hydrogen (secondary N) is 2. The molecule has 2 amide bonds. The highest BCUT2D eigenvalue weighted by Crippen LogP contribution is 2.25. The van der Waals surface area contributed by atoms with Gasteiger partial charge in [-0.1, -0.05) is 25.4 Å². The number of nitrogens with zero attached hydrogens (tertiary/aromatic N) is 2. The summed E-state index contributed by atoms with van der Waals surface area (Å²) in [7, 11) is 0. The van der Waals surface area contributed by atoms with Gasteiger partial charge in [0.05, 0.1) is 29.4 Å². The number of carbonyl (C=O) groups excluding carboxylic acids is 2. The van der Waals surface area contributed by atoms with Crippen LogP contribution in [-0.4, -0.2) is 21.6 Å². The first kappa shape index (κ1) is 21.4. The van der Waals surface area contributed by atoms with Crippen molar-refractivity contribution >= 4 is 34.8 Å². The number of hydrogen-bond donors (Lipinski definition) is 2. The van der Waals surface area contributed by atoms with Crippen LogP contribution in [0.3, 0.4) is 0 Å². The molecule has 7 nitrogen and oxygen atoms in total. The first-order chi connectivity index (χ1) is 15.4. The minimum absolute atomic E-state index is 0.0631. The molecule has 0 radical (unpaired) electrons. The van der Waals surface area contributed by atoms with Gasteiger partial charge in [-0.3, -0.25) is 9.59 Å². The van der Waals surface area contributed by atoms with E-state index >= 15 is 0 Å². The van der Waals surface area contributed by atoms with E-state index in [-0.39, 0.29) is 23.5 Å². The van der Waals surface area contributed by atoms with Crippen LogP contribution in [0.1, 0.15) is 46.4 Å². The van der Waals surface area contributed by atoms with Gasteiger partial charge in [0.2, 0.25) is 0 Å². The van der Waals surface area contributed by atoms with Gasteiger partial charge in [-0.25, -0.2) is 4.68 Å². The van der Waals surface area contributed by atoms with E-state index in [1.165, 1.54) is 6.26 Å². The summed E-state index contributed by atoms with van der Waals surface area (Å²) >= 11 is 5.99. The topological polar surface area (TPSA) is 89.2 Å². The Balaban J connectivity index is 1.50. The molecule has 0 saturated carbocycles. The summed E-state index contributed by atoms with van der Waals surface area (Å²) in [5.41, 5.74) is 3.30. The number of furan rings is 1. The van der Waals surface area contributed by atoms with E-state index in [1.807, 2.05) is 26.0 Å². The van der Waals surface area contributed by atoms with Gasteiger partial charge in [-0.05, 0) is 66.6 Å². The summed E-state index contributed by atoms with van der Waals surface area (Å²) in [6, 6.07) is 17.4. The van der Waals surface area contributed by atoms with Gasteiger partial charge in [0.15, 0.2) is 5.76 Å². The lowest BCUT2D eigenvalue weighted by Gasteiger charge is -2.13. The maximum absolute atomic E-state index is 13.0. The second-order valence-electron chi connectivity index (χ2n) is 7.45. The summed E-state index contributed by atoms with van der Waals surface area (Å²) in [4.78, 5) is 25.1. The van der Waals surface area contributed by atoms with Crippen LogP contribution < -0.4 is 10.6 Å². The predicted molar refractivity (Wildman–Crippen MR) is 124 cm³/mol. The maximum atomic E-state index is 13.0. The molecular weight excluding hydrogens is 428 g/mol. The Labute approximate surface area is 190 Å². The zero-order chi connectivity index (χ0) is 22.7. The first-order valence-corrected chi connectivity index (χ1v) is 10.4. The molecule has 0 aliphatic heterocycles. The fourth-order valence-corrected chi connectivity index (χ4v) is 3.44. The third-order valence-corrected chi connectivity index (χ3v) is 5.07. The van der Waals surface area contributed by atoms with Crippen molar-refractivity contribution in [2.75, 3.05) is 10.6 Å². The van der Waals surface area contributed by atoms with Crippen LogP contribution in [0.4, 0.5) is 11.4 Å². The molecule has 32 heavy (non-hydrogen) atoms. The molecule has 2 heterocycles. The molecule has 0 atom stereocenters. The Bertz CT molecular complexity index is 1230. The van der Waals surface area contributed by atoms with E-state index in [0.29, 0.717) is 22.0 Å². The number of benzene rings is 2. The monoisotopic (exact) mass is 448 g/mol. The van der Waals surface area contributed by atoms with Crippen molar-refractivity contribution in [3.63, 3.8) is 0 Å². The normalized spacial score (nSPS) is 10.9. The van der Waals surface area contributed by atoms with Crippen LogP contribution in [0.2, 0.25) is 5.02 Å². The molecular formula is C24H21ClN4O3. The van der Waals surface area contributed by atoms with E-state index in [9.17, 15) is 9.59 Å². The molecule has 4 aromatic rings. The molecule has 2 N–H and O–H groups in total. The van der Waals surface area contributed by atoms with E-state index in [1.54, 1.807) is 59.4 Å². The highest BCUT2D eigenvalue weighted by atomic mass is 35.5. The molecule has 0 saturated heterocycles. The zero-order valence-electron chi connectivity index (χ0n) is 17.5. The van der Waals surface area contributed by atoms with Crippen LogP contribution in [0.15, 0.2) is 77.5 Å². The fourth-order valence-electron chi connectivity index (χ4n) is 3.31. The Kier molecular flexibility index (Phi) is 6.09. The van der Waals surface area contributed by atoms with E-state index in [0.717, 1.165) is 11.4 Å². The van der Waals surface area contributed by atoms with Crippen molar-refractivity contribution in [1.82, 2.24) is 9.78 Å². The highest BCUT2D eigenvalue weighted by Gasteiger charge is 2.21. The van der Waals surface area contributed by atoms with Crippen molar-refractivity contribution in [2.24, 2.45) is 0 Å². The number of carbonyl (C=O) groups is 2. The highest BCUT2D eigenvalue weighted by molar-refractivity contribution is 6.30. The van der Waals surface area contributed by atoms with Crippen molar-refractivity contribution < 1.29 is 14.0 Å². The minimum atomic E-state index is -0.344. The SMILES string of the molecule is CC(C)c1c(C(=O)Nc2ccc(NC(=O)c3ccco3)cc2)cnn1-c1ccc(Cl)cc1. The Hall–Kier alpha value is -3.84. The first-order valence-electron chi connectivity index (χ1n) is 10.0. The number of aromatic nitrogens is 2. The Morgan fingerprint density at radius 2 is 1.56 bits per heavy atom. The quantitative estimate of drug-likeness (QED) is 0.393. The predicted octanol–water partition coefficient (Wildman–Crippen LogP) is 5.75. The molecule has 162 valence electrons. The lowest BCUT2D eigenvalue weighted by Crippen LogP contribution is -2.15. The Morgan fingerprint density at radius 3 is 2.12 bits per heavy atom. The summed E-state index contributed by atoms with van der Waals surface area (Å²) in [6.45, 7) is 4.02. The van der Waals surface area contributed by atoms with Gasteiger partial charge in [0.1, 0.15) is 0 Å². The fraction of sp³-hybridized carbons (Fsp3) is 0.125. The number of anilines is 2. The van der Waals surface area contributed by atoms with Crippen molar-refractivity contribution in [2.45, 2.75) is 19.8 Å². The second kappa shape index (κ2) is 9.11. The third-order valence-electron chi connectivity index (χ3n) is 4.81. The summed E-state index contributed by atoms with van der Waals surface area (Å²) in [6.07, 6.45) is 3.01. The smallest absolute Gasteiger partial charge is 0.291 e. The van der Waals surface area contributed by atoms with Crippen molar-refractivity contribution in [1.29, 1.82) is 0 Å². The van der Waals surface area contributed by atoms with Crippen molar-refractivity contribution in [3.8, 4) is 5.69 Å². The minimum Gasteiger partial charge on any atom is -0.459 e. The molecule has 0 aliphatic carbocycles. The van der Waals surface area contributed by atoms with Gasteiger partial charge >= 0.3 is 0 Å². The number of hydrogen-bond acceptors (Lipinski definition) is 4. The molecule has 8 heteroatoms. The number of amides is 2. The van der Waals surface area contributed by atoms with Gasteiger partial charge in [-0.2, -0.15) is 5.10 Å². The molecule has 2 aromatic carbocycles. The van der Waals surface area contributed by atoms with E-state index in [2.05, 4.69) is 15.7 Å². The second-order valence-corrected chi connectivity index (χ2v) is 7.89.